The van der Waals surface area contributed by atoms with Crippen LogP contribution in [0, 0.1) is 0 Å². The van der Waals surface area contributed by atoms with Gasteiger partial charge in [0.1, 0.15) is 0 Å². The maximum Gasteiger partial charge on any atom is 0.337 e. The van der Waals surface area contributed by atoms with E-state index in [1.165, 1.54) is 0 Å². The molecule has 150 valence electrons. The van der Waals surface area contributed by atoms with Crippen molar-refractivity contribution in [3.05, 3.63) is 82.8 Å². The van der Waals surface area contributed by atoms with Crippen LogP contribution in [-0.2, 0) is 19.1 Å². The highest BCUT2D eigenvalue weighted by atomic mass is 16.5. The highest BCUT2D eigenvalue weighted by Crippen LogP contribution is 2.41. The molecular formula is C23H24N2O4. The maximum absolute atomic E-state index is 13.1. The summed E-state index contributed by atoms with van der Waals surface area (Å²) in [5.41, 5.74) is 3.31. The number of esters is 2. The SMILES string of the molecule is CCOC(=O)C1=C(C)NC(c2ccccc2)=C(C(=O)OCC)[C@H]1c1ccccn1. The smallest absolute Gasteiger partial charge is 0.337 e. The van der Waals surface area contributed by atoms with E-state index in [1.807, 2.05) is 36.4 Å². The van der Waals surface area contributed by atoms with Gasteiger partial charge in [-0.25, -0.2) is 9.59 Å². The summed E-state index contributed by atoms with van der Waals surface area (Å²) in [7, 11) is 0. The number of nitrogens with one attached hydrogen (secondary N) is 1. The minimum Gasteiger partial charge on any atom is -0.463 e. The highest BCUT2D eigenvalue weighted by Gasteiger charge is 2.40. The van der Waals surface area contributed by atoms with Gasteiger partial charge in [-0.2, -0.15) is 0 Å². The van der Waals surface area contributed by atoms with Crippen molar-refractivity contribution >= 4 is 17.6 Å². The number of aromatic nitrogens is 1. The maximum atomic E-state index is 13.1. The normalized spacial score (nSPS) is 16.3. The fraction of sp³-hybridized carbons (Fsp3) is 0.261. The Morgan fingerprint density at radius 2 is 1.55 bits per heavy atom. The van der Waals surface area contributed by atoms with Crippen LogP contribution in [0.25, 0.3) is 5.70 Å². The number of allylic oxidation sites excluding steroid dienone is 1. The molecule has 0 spiro atoms. The second-order valence-corrected chi connectivity index (χ2v) is 6.45. The Kier molecular flexibility index (Phi) is 6.44. The number of hydrogen-bond donors (Lipinski definition) is 1. The summed E-state index contributed by atoms with van der Waals surface area (Å²) in [5.74, 6) is -1.68. The van der Waals surface area contributed by atoms with Gasteiger partial charge in [0.05, 0.1) is 41.7 Å². The first-order valence-electron chi connectivity index (χ1n) is 9.61. The average molecular weight is 392 g/mol. The lowest BCUT2D eigenvalue weighted by molar-refractivity contribution is -0.139. The lowest BCUT2D eigenvalue weighted by Crippen LogP contribution is -2.33. The van der Waals surface area contributed by atoms with Gasteiger partial charge < -0.3 is 14.8 Å². The molecule has 2 aromatic rings. The van der Waals surface area contributed by atoms with Crippen LogP contribution in [0.4, 0.5) is 0 Å². The molecule has 0 aliphatic carbocycles. The van der Waals surface area contributed by atoms with Crippen LogP contribution in [0.5, 0.6) is 0 Å². The van der Waals surface area contributed by atoms with Crippen molar-refractivity contribution in [3.8, 4) is 0 Å². The van der Waals surface area contributed by atoms with Gasteiger partial charge in [-0.1, -0.05) is 36.4 Å². The Balaban J connectivity index is 2.27. The Labute approximate surface area is 170 Å². The number of hydrogen-bond acceptors (Lipinski definition) is 6. The van der Waals surface area contributed by atoms with E-state index in [-0.39, 0.29) is 13.2 Å². The molecule has 29 heavy (non-hydrogen) atoms. The molecule has 1 N–H and O–H groups in total. The minimum absolute atomic E-state index is 0.219. The molecule has 1 aliphatic rings. The van der Waals surface area contributed by atoms with E-state index in [1.54, 1.807) is 39.1 Å². The fourth-order valence-electron chi connectivity index (χ4n) is 3.41. The molecule has 1 atom stereocenters. The van der Waals surface area contributed by atoms with E-state index in [0.29, 0.717) is 28.2 Å². The Morgan fingerprint density at radius 3 is 2.14 bits per heavy atom. The first kappa shape index (κ1) is 20.3. The van der Waals surface area contributed by atoms with Gasteiger partial charge in [-0.15, -0.1) is 0 Å². The molecule has 6 nitrogen and oxygen atoms in total. The molecule has 0 bridgehead atoms. The summed E-state index contributed by atoms with van der Waals surface area (Å²) in [4.78, 5) is 30.4. The summed E-state index contributed by atoms with van der Waals surface area (Å²) >= 11 is 0. The molecule has 0 radical (unpaired) electrons. The molecule has 0 saturated heterocycles. The van der Waals surface area contributed by atoms with E-state index < -0.39 is 17.9 Å². The molecular weight excluding hydrogens is 368 g/mol. The number of pyridine rings is 1. The monoisotopic (exact) mass is 392 g/mol. The summed E-state index contributed by atoms with van der Waals surface area (Å²) in [6, 6.07) is 14.9. The van der Waals surface area contributed by atoms with Crippen molar-refractivity contribution in [2.45, 2.75) is 26.7 Å². The summed E-state index contributed by atoms with van der Waals surface area (Å²) < 4.78 is 10.7. The molecule has 1 aliphatic heterocycles. The lowest BCUT2D eigenvalue weighted by atomic mass is 9.81. The molecule has 2 heterocycles. The average Bonchev–Trinajstić information content (AvgIpc) is 2.74. The van der Waals surface area contributed by atoms with Gasteiger partial charge in [0.2, 0.25) is 0 Å². The standard InChI is InChI=1S/C23H24N2O4/c1-4-28-22(26)18-15(3)25-21(16-11-7-6-8-12-16)20(23(27)29-5-2)19(18)17-13-9-10-14-24-17/h6-14,19,25H,4-5H2,1-3H3/t19-/m0/s1. The van der Waals surface area contributed by atoms with Crippen LogP contribution < -0.4 is 5.32 Å². The van der Waals surface area contributed by atoms with Crippen molar-refractivity contribution < 1.29 is 19.1 Å². The zero-order chi connectivity index (χ0) is 20.8. The fourth-order valence-corrected chi connectivity index (χ4v) is 3.41. The van der Waals surface area contributed by atoms with E-state index in [2.05, 4.69) is 10.3 Å². The largest absolute Gasteiger partial charge is 0.463 e. The number of ether oxygens (including phenoxy) is 2. The van der Waals surface area contributed by atoms with E-state index in [9.17, 15) is 9.59 Å². The van der Waals surface area contributed by atoms with Gasteiger partial charge in [-0.05, 0) is 38.5 Å². The quantitative estimate of drug-likeness (QED) is 0.757. The van der Waals surface area contributed by atoms with Gasteiger partial charge in [0.15, 0.2) is 0 Å². The predicted molar refractivity (Wildman–Crippen MR) is 109 cm³/mol. The molecule has 6 heteroatoms. The van der Waals surface area contributed by atoms with Crippen LogP contribution in [0.15, 0.2) is 71.6 Å². The van der Waals surface area contributed by atoms with Gasteiger partial charge in [0.25, 0.3) is 0 Å². The summed E-state index contributed by atoms with van der Waals surface area (Å²) in [5, 5.41) is 3.24. The van der Waals surface area contributed by atoms with Gasteiger partial charge in [-0.3, -0.25) is 4.98 Å². The molecule has 0 fully saturated rings. The minimum atomic E-state index is -0.703. The zero-order valence-electron chi connectivity index (χ0n) is 16.8. The highest BCUT2D eigenvalue weighted by molar-refractivity contribution is 6.05. The van der Waals surface area contributed by atoms with Crippen molar-refractivity contribution in [2.24, 2.45) is 0 Å². The van der Waals surface area contributed by atoms with Crippen LogP contribution in [0.2, 0.25) is 0 Å². The van der Waals surface area contributed by atoms with Crippen molar-refractivity contribution in [1.29, 1.82) is 0 Å². The second-order valence-electron chi connectivity index (χ2n) is 6.45. The Morgan fingerprint density at radius 1 is 0.931 bits per heavy atom. The lowest BCUT2D eigenvalue weighted by Gasteiger charge is -2.31. The predicted octanol–water partition coefficient (Wildman–Crippen LogP) is 3.58. The van der Waals surface area contributed by atoms with Crippen LogP contribution >= 0.6 is 0 Å². The molecule has 1 aromatic carbocycles. The third-order valence-corrected chi connectivity index (χ3v) is 4.60. The van der Waals surface area contributed by atoms with Gasteiger partial charge in [0, 0.05) is 11.9 Å². The molecule has 0 amide bonds. The number of benzene rings is 1. The van der Waals surface area contributed by atoms with Gasteiger partial charge >= 0.3 is 11.9 Å². The molecule has 1 aromatic heterocycles. The van der Waals surface area contributed by atoms with Crippen LogP contribution in [-0.4, -0.2) is 30.1 Å². The Bertz CT molecular complexity index is 949. The third-order valence-electron chi connectivity index (χ3n) is 4.60. The number of rotatable bonds is 6. The number of carbonyl (C=O) groups excluding carboxylic acids is 2. The van der Waals surface area contributed by atoms with E-state index >= 15 is 0 Å². The van der Waals surface area contributed by atoms with Crippen molar-refractivity contribution in [3.63, 3.8) is 0 Å². The van der Waals surface area contributed by atoms with E-state index in [0.717, 1.165) is 5.56 Å². The molecule has 3 rings (SSSR count). The summed E-state index contributed by atoms with van der Waals surface area (Å²) in [6.07, 6.45) is 1.64. The topological polar surface area (TPSA) is 77.5 Å². The second kappa shape index (κ2) is 9.19. The Hall–Kier alpha value is -3.41. The first-order chi connectivity index (χ1) is 14.1. The molecule has 0 unspecified atom stereocenters. The van der Waals surface area contributed by atoms with E-state index in [4.69, 9.17) is 9.47 Å². The number of carbonyl (C=O) groups is 2. The van der Waals surface area contributed by atoms with Crippen molar-refractivity contribution in [1.82, 2.24) is 10.3 Å². The summed E-state index contributed by atoms with van der Waals surface area (Å²) in [6.45, 7) is 5.75. The van der Waals surface area contributed by atoms with Crippen LogP contribution in [0.1, 0.15) is 37.9 Å². The number of nitrogens with zero attached hydrogens (tertiary/aromatic N) is 1. The zero-order valence-corrected chi connectivity index (χ0v) is 16.8. The third kappa shape index (κ3) is 4.21. The first-order valence-corrected chi connectivity index (χ1v) is 9.61. The van der Waals surface area contributed by atoms with Crippen LogP contribution in [0.3, 0.4) is 0 Å². The number of dihydropyridines is 1. The van der Waals surface area contributed by atoms with Crippen molar-refractivity contribution in [2.75, 3.05) is 13.2 Å². The molecule has 0 saturated carbocycles.